The summed E-state index contributed by atoms with van der Waals surface area (Å²) in [5, 5.41) is 0. The number of rotatable bonds is 0. The van der Waals surface area contributed by atoms with Crippen LogP contribution in [0.5, 0.6) is 0 Å². The lowest BCUT2D eigenvalue weighted by molar-refractivity contribution is 0.174. The van der Waals surface area contributed by atoms with Crippen molar-refractivity contribution in [1.29, 1.82) is 0 Å². The van der Waals surface area contributed by atoms with E-state index in [1.165, 1.54) is 45.2 Å². The number of piperidine rings is 1. The van der Waals surface area contributed by atoms with Crippen molar-refractivity contribution in [2.24, 2.45) is 17.8 Å². The Morgan fingerprint density at radius 1 is 1.06 bits per heavy atom. The standard InChI is InChI=1S/C16H21N/c1-2-7-14-12(5-1)11-13-6-3-9-17-10-4-8-15(14)16(13)17/h1-2,5,7,12-14H,3-4,6,8-11H2. The van der Waals surface area contributed by atoms with Crippen LogP contribution in [-0.2, 0) is 0 Å². The van der Waals surface area contributed by atoms with Gasteiger partial charge in [0.2, 0.25) is 0 Å². The van der Waals surface area contributed by atoms with E-state index in [0.717, 1.165) is 17.8 Å². The molecule has 0 N–H and O–H groups in total. The van der Waals surface area contributed by atoms with Crippen LogP contribution in [0.15, 0.2) is 35.6 Å². The maximum absolute atomic E-state index is 2.72. The summed E-state index contributed by atoms with van der Waals surface area (Å²) >= 11 is 0. The molecule has 0 aromatic heterocycles. The lowest BCUT2D eigenvalue weighted by atomic mass is 9.66. The van der Waals surface area contributed by atoms with Gasteiger partial charge in [0, 0.05) is 24.7 Å². The van der Waals surface area contributed by atoms with Gasteiger partial charge in [0.1, 0.15) is 0 Å². The summed E-state index contributed by atoms with van der Waals surface area (Å²) < 4.78 is 0. The van der Waals surface area contributed by atoms with Crippen molar-refractivity contribution < 1.29 is 0 Å². The van der Waals surface area contributed by atoms with Crippen molar-refractivity contribution in [2.45, 2.75) is 32.1 Å². The Morgan fingerprint density at radius 3 is 2.94 bits per heavy atom. The Kier molecular flexibility index (Phi) is 2.21. The van der Waals surface area contributed by atoms with Gasteiger partial charge < -0.3 is 4.90 Å². The summed E-state index contributed by atoms with van der Waals surface area (Å²) in [6, 6.07) is 0. The van der Waals surface area contributed by atoms with Gasteiger partial charge in [-0.15, -0.1) is 0 Å². The highest BCUT2D eigenvalue weighted by atomic mass is 15.2. The summed E-state index contributed by atoms with van der Waals surface area (Å²) in [5.41, 5.74) is 3.58. The average Bonchev–Trinajstić information content (AvgIpc) is 2.39. The zero-order valence-corrected chi connectivity index (χ0v) is 10.4. The Bertz CT molecular complexity index is 415. The number of nitrogens with zero attached hydrogens (tertiary/aromatic N) is 1. The predicted octanol–water partition coefficient (Wildman–Crippen LogP) is 3.51. The lowest BCUT2D eigenvalue weighted by Crippen LogP contribution is -2.42. The van der Waals surface area contributed by atoms with E-state index in [1.54, 1.807) is 11.3 Å². The van der Waals surface area contributed by atoms with E-state index in [4.69, 9.17) is 0 Å². The van der Waals surface area contributed by atoms with Gasteiger partial charge in [0.15, 0.2) is 0 Å². The monoisotopic (exact) mass is 227 g/mol. The highest BCUT2D eigenvalue weighted by molar-refractivity contribution is 5.34. The molecule has 90 valence electrons. The van der Waals surface area contributed by atoms with E-state index in [-0.39, 0.29) is 0 Å². The van der Waals surface area contributed by atoms with Crippen molar-refractivity contribution in [1.82, 2.24) is 4.90 Å². The Labute approximate surface area is 104 Å². The maximum atomic E-state index is 2.72. The first-order chi connectivity index (χ1) is 8.43. The molecule has 0 amide bonds. The SMILES string of the molecule is C1=CC2CC3CCCN4CCCC(=C34)C2C=C1. The normalized spacial score (nSPS) is 39.1. The Morgan fingerprint density at radius 2 is 1.94 bits per heavy atom. The van der Waals surface area contributed by atoms with Gasteiger partial charge in [-0.05, 0) is 49.5 Å². The van der Waals surface area contributed by atoms with E-state index < -0.39 is 0 Å². The molecule has 0 spiro atoms. The van der Waals surface area contributed by atoms with Crippen LogP contribution in [0.3, 0.4) is 0 Å². The van der Waals surface area contributed by atoms with Crippen molar-refractivity contribution in [3.05, 3.63) is 35.6 Å². The summed E-state index contributed by atoms with van der Waals surface area (Å²) in [6.45, 7) is 2.65. The largest absolute Gasteiger partial charge is 0.375 e. The van der Waals surface area contributed by atoms with E-state index in [2.05, 4.69) is 29.2 Å². The molecule has 0 aromatic rings. The van der Waals surface area contributed by atoms with Crippen LogP contribution in [0.1, 0.15) is 32.1 Å². The Balaban J connectivity index is 1.80. The molecule has 1 saturated heterocycles. The molecule has 0 aromatic carbocycles. The van der Waals surface area contributed by atoms with Crippen LogP contribution in [0.25, 0.3) is 0 Å². The van der Waals surface area contributed by atoms with Gasteiger partial charge in [0.05, 0.1) is 0 Å². The third-order valence-electron chi connectivity index (χ3n) is 5.12. The summed E-state index contributed by atoms with van der Waals surface area (Å²) in [4.78, 5) is 2.72. The molecule has 17 heavy (non-hydrogen) atoms. The van der Waals surface area contributed by atoms with Crippen molar-refractivity contribution in [3.63, 3.8) is 0 Å². The second-order valence-electron chi connectivity index (χ2n) is 6.04. The molecule has 4 rings (SSSR count). The third-order valence-corrected chi connectivity index (χ3v) is 5.12. The first kappa shape index (κ1) is 9.99. The van der Waals surface area contributed by atoms with Crippen molar-refractivity contribution >= 4 is 0 Å². The van der Waals surface area contributed by atoms with Crippen LogP contribution in [0.2, 0.25) is 0 Å². The molecule has 0 saturated carbocycles. The van der Waals surface area contributed by atoms with Crippen LogP contribution in [-0.4, -0.2) is 18.0 Å². The van der Waals surface area contributed by atoms with Crippen LogP contribution >= 0.6 is 0 Å². The first-order valence-electron chi connectivity index (χ1n) is 7.26. The zero-order valence-electron chi connectivity index (χ0n) is 10.4. The topological polar surface area (TPSA) is 3.24 Å². The average molecular weight is 227 g/mol. The lowest BCUT2D eigenvalue weighted by Gasteiger charge is -2.49. The molecule has 2 aliphatic heterocycles. The quantitative estimate of drug-likeness (QED) is 0.612. The number of hydrogen-bond donors (Lipinski definition) is 0. The van der Waals surface area contributed by atoms with Gasteiger partial charge in [0.25, 0.3) is 0 Å². The molecular weight excluding hydrogens is 206 g/mol. The fourth-order valence-corrected chi connectivity index (χ4v) is 4.48. The summed E-state index contributed by atoms with van der Waals surface area (Å²) in [7, 11) is 0. The minimum atomic E-state index is 0.743. The fourth-order valence-electron chi connectivity index (χ4n) is 4.48. The molecule has 1 fully saturated rings. The van der Waals surface area contributed by atoms with Gasteiger partial charge in [-0.25, -0.2) is 0 Å². The number of fused-ring (bicyclic) bond motifs is 2. The Hall–Kier alpha value is -0.980. The van der Waals surface area contributed by atoms with Crippen LogP contribution in [0.4, 0.5) is 0 Å². The van der Waals surface area contributed by atoms with Gasteiger partial charge in [-0.2, -0.15) is 0 Å². The second kappa shape index (κ2) is 3.76. The molecule has 3 unspecified atom stereocenters. The molecule has 0 radical (unpaired) electrons. The van der Waals surface area contributed by atoms with Gasteiger partial charge >= 0.3 is 0 Å². The minimum Gasteiger partial charge on any atom is -0.375 e. The van der Waals surface area contributed by atoms with Crippen LogP contribution < -0.4 is 0 Å². The van der Waals surface area contributed by atoms with Gasteiger partial charge in [-0.1, -0.05) is 24.3 Å². The smallest absolute Gasteiger partial charge is 0.0178 e. The van der Waals surface area contributed by atoms with Crippen LogP contribution in [0, 0.1) is 17.8 Å². The number of allylic oxidation sites excluding steroid dienone is 6. The molecule has 2 aliphatic carbocycles. The molecule has 0 bridgehead atoms. The summed E-state index contributed by atoms with van der Waals surface area (Å²) in [5.74, 6) is 2.44. The molecule has 2 heterocycles. The fraction of sp³-hybridized carbons (Fsp3) is 0.625. The van der Waals surface area contributed by atoms with Gasteiger partial charge in [-0.3, -0.25) is 0 Å². The van der Waals surface area contributed by atoms with E-state index in [0.29, 0.717) is 0 Å². The van der Waals surface area contributed by atoms with E-state index >= 15 is 0 Å². The second-order valence-corrected chi connectivity index (χ2v) is 6.04. The molecule has 3 atom stereocenters. The highest BCUT2D eigenvalue weighted by Crippen LogP contribution is 2.48. The molecular formula is C16H21N. The highest BCUT2D eigenvalue weighted by Gasteiger charge is 2.39. The summed E-state index contributed by atoms with van der Waals surface area (Å²) in [6.07, 6.45) is 16.4. The van der Waals surface area contributed by atoms with E-state index in [1.807, 2.05) is 0 Å². The molecule has 4 aliphatic rings. The maximum Gasteiger partial charge on any atom is 0.0178 e. The van der Waals surface area contributed by atoms with Crippen molar-refractivity contribution in [2.75, 3.05) is 13.1 Å². The zero-order chi connectivity index (χ0) is 11.2. The number of hydrogen-bond acceptors (Lipinski definition) is 1. The minimum absolute atomic E-state index is 0.743. The molecule has 1 heteroatoms. The molecule has 1 nitrogen and oxygen atoms in total. The predicted molar refractivity (Wildman–Crippen MR) is 70.4 cm³/mol. The van der Waals surface area contributed by atoms with E-state index in [9.17, 15) is 0 Å². The van der Waals surface area contributed by atoms with Crippen molar-refractivity contribution in [3.8, 4) is 0 Å². The third kappa shape index (κ3) is 1.44. The first-order valence-corrected chi connectivity index (χ1v) is 7.26.